The molecule has 1 fully saturated rings. The van der Waals surface area contributed by atoms with E-state index in [0.717, 1.165) is 0 Å². The molecule has 0 spiro atoms. The van der Waals surface area contributed by atoms with Gasteiger partial charge in [0.25, 0.3) is 0 Å². The van der Waals surface area contributed by atoms with Crippen LogP contribution >= 0.6 is 11.6 Å². The fourth-order valence-corrected chi connectivity index (χ4v) is 5.08. The van der Waals surface area contributed by atoms with E-state index in [-0.39, 0.29) is 37.0 Å². The molecule has 2 N–H and O–H groups in total. The minimum Gasteiger partial charge on any atom is -0.488 e. The lowest BCUT2D eigenvalue weighted by Gasteiger charge is -2.35. The Morgan fingerprint density at radius 1 is 1.18 bits per heavy atom. The smallest absolute Gasteiger partial charge is 0.305 e. The van der Waals surface area contributed by atoms with Crippen molar-refractivity contribution in [3.8, 4) is 16.9 Å². The number of aliphatic carboxylic acids is 1. The summed E-state index contributed by atoms with van der Waals surface area (Å²) in [6, 6.07) is 6.30. The van der Waals surface area contributed by atoms with Gasteiger partial charge in [-0.25, -0.2) is 9.37 Å². The molecule has 0 saturated carbocycles. The number of halogens is 2. The van der Waals surface area contributed by atoms with Crippen molar-refractivity contribution in [3.05, 3.63) is 59.9 Å². The van der Waals surface area contributed by atoms with E-state index in [2.05, 4.69) is 18.5 Å². The van der Waals surface area contributed by atoms with Gasteiger partial charge >= 0.3 is 5.97 Å². The number of piperazine rings is 1. The number of carbonyl (C=O) groups excluding carboxylic acids is 1. The number of carboxylic acids is 1. The number of benzene rings is 2. The summed E-state index contributed by atoms with van der Waals surface area (Å²) in [6.45, 7) is 9.88. The van der Waals surface area contributed by atoms with Gasteiger partial charge in [0.1, 0.15) is 24.0 Å². The Balaban J connectivity index is 1.69. The van der Waals surface area contributed by atoms with Gasteiger partial charge in [0.05, 0.1) is 22.5 Å². The minimum absolute atomic E-state index is 0.0996. The van der Waals surface area contributed by atoms with Crippen molar-refractivity contribution in [1.29, 1.82) is 0 Å². The van der Waals surface area contributed by atoms with Gasteiger partial charge in [0.15, 0.2) is 0 Å². The summed E-state index contributed by atoms with van der Waals surface area (Å²) in [7, 11) is 0. The van der Waals surface area contributed by atoms with Crippen molar-refractivity contribution >= 4 is 51.7 Å². The number of anilines is 2. The predicted octanol–water partition coefficient (Wildman–Crippen LogP) is 4.22. The van der Waals surface area contributed by atoms with Gasteiger partial charge in [-0.1, -0.05) is 30.8 Å². The topological polar surface area (TPSA) is 108 Å². The normalized spacial score (nSPS) is 14.8. The van der Waals surface area contributed by atoms with Crippen molar-refractivity contribution in [2.75, 3.05) is 49.5 Å². The van der Waals surface area contributed by atoms with E-state index >= 15 is 4.39 Å². The molecule has 0 unspecified atom stereocenters. The van der Waals surface area contributed by atoms with Crippen molar-refractivity contribution in [1.82, 2.24) is 14.9 Å². The fourth-order valence-electron chi connectivity index (χ4n) is 4.78. The molecule has 5 rings (SSSR count). The number of rotatable bonds is 6. The molecule has 0 aliphatic carbocycles. The van der Waals surface area contributed by atoms with Crippen LogP contribution in [0.25, 0.3) is 27.6 Å². The molecule has 1 saturated heterocycles. The van der Waals surface area contributed by atoms with Crippen molar-refractivity contribution in [2.24, 2.45) is 0 Å². The number of hydrogen-bond acceptors (Lipinski definition) is 7. The summed E-state index contributed by atoms with van der Waals surface area (Å²) in [5.41, 5.74) is 2.25. The SMILES string of the molecule is C=CC(=O)N1CCN(c2nc(NCCC(=O)O)nc3c4c(c(Cl)cc23)-c2c(F)cccc2OCC4=C)CC1. The largest absolute Gasteiger partial charge is 0.488 e. The molecular weight excluding hydrogens is 513 g/mol. The van der Waals surface area contributed by atoms with E-state index in [0.29, 0.717) is 70.4 Å². The predicted molar refractivity (Wildman–Crippen MR) is 144 cm³/mol. The monoisotopic (exact) mass is 537 g/mol. The quantitative estimate of drug-likeness (QED) is 0.450. The van der Waals surface area contributed by atoms with Gasteiger partial charge in [-0.2, -0.15) is 4.98 Å². The van der Waals surface area contributed by atoms with E-state index in [1.165, 1.54) is 12.1 Å². The molecule has 196 valence electrons. The maximum absolute atomic E-state index is 15.1. The molecule has 1 aromatic heterocycles. The minimum atomic E-state index is -0.959. The first-order valence-electron chi connectivity index (χ1n) is 12.0. The third-order valence-electron chi connectivity index (χ3n) is 6.59. The van der Waals surface area contributed by atoms with Crippen LogP contribution in [-0.2, 0) is 9.59 Å². The first kappa shape index (κ1) is 25.5. The van der Waals surface area contributed by atoms with Crippen LogP contribution in [0.2, 0.25) is 5.02 Å². The lowest BCUT2D eigenvalue weighted by Crippen LogP contribution is -2.48. The number of nitrogens with one attached hydrogen (secondary N) is 1. The Kier molecular flexibility index (Phi) is 6.90. The summed E-state index contributed by atoms with van der Waals surface area (Å²) in [6.07, 6.45) is 1.16. The van der Waals surface area contributed by atoms with E-state index in [4.69, 9.17) is 31.4 Å². The molecule has 2 aromatic carbocycles. The van der Waals surface area contributed by atoms with Crippen LogP contribution in [0.3, 0.4) is 0 Å². The van der Waals surface area contributed by atoms with E-state index in [9.17, 15) is 9.59 Å². The summed E-state index contributed by atoms with van der Waals surface area (Å²) >= 11 is 6.83. The second-order valence-corrected chi connectivity index (χ2v) is 9.37. The van der Waals surface area contributed by atoms with Crippen molar-refractivity contribution < 1.29 is 23.8 Å². The Hall–Kier alpha value is -4.18. The molecule has 1 amide bonds. The highest BCUT2D eigenvalue weighted by Crippen LogP contribution is 2.47. The van der Waals surface area contributed by atoms with Crippen LogP contribution in [0.4, 0.5) is 16.2 Å². The van der Waals surface area contributed by atoms with Gasteiger partial charge in [0.2, 0.25) is 11.9 Å². The van der Waals surface area contributed by atoms with Gasteiger partial charge < -0.3 is 25.0 Å². The first-order chi connectivity index (χ1) is 18.3. The molecule has 0 radical (unpaired) electrons. The van der Waals surface area contributed by atoms with Gasteiger partial charge in [-0.05, 0) is 29.8 Å². The van der Waals surface area contributed by atoms with Crippen LogP contribution in [0, 0.1) is 5.82 Å². The summed E-state index contributed by atoms with van der Waals surface area (Å²) in [5.74, 6) is -0.456. The average molecular weight is 538 g/mol. The fraction of sp³-hybridized carbons (Fsp3) is 0.259. The maximum Gasteiger partial charge on any atom is 0.305 e. The maximum atomic E-state index is 15.1. The lowest BCUT2D eigenvalue weighted by molar-refractivity contribution is -0.136. The number of fused-ring (bicyclic) bond motifs is 5. The highest BCUT2D eigenvalue weighted by atomic mass is 35.5. The number of amides is 1. The summed E-state index contributed by atoms with van der Waals surface area (Å²) in [5, 5.41) is 13.0. The zero-order valence-corrected chi connectivity index (χ0v) is 21.2. The molecule has 3 heterocycles. The van der Waals surface area contributed by atoms with Crippen LogP contribution < -0.4 is 15.0 Å². The second kappa shape index (κ2) is 10.3. The Morgan fingerprint density at radius 2 is 1.95 bits per heavy atom. The standard InChI is InChI=1S/C27H25ClFN5O4/c1-3-20(35)33-9-11-34(12-10-33)26-16-13-17(28)23-22(25(16)31-27(32-26)30-8-7-21(36)37)15(2)14-38-19-6-4-5-18(29)24(19)23/h3-6,13H,1-2,7-12,14H2,(H,36,37)(H,30,31,32). The van der Waals surface area contributed by atoms with Crippen LogP contribution in [0.15, 0.2) is 43.5 Å². The Morgan fingerprint density at radius 3 is 2.66 bits per heavy atom. The Bertz CT molecular complexity index is 1490. The molecule has 3 aromatic rings. The van der Waals surface area contributed by atoms with Crippen LogP contribution in [0.1, 0.15) is 12.0 Å². The van der Waals surface area contributed by atoms with Gasteiger partial charge in [-0.15, -0.1) is 0 Å². The zero-order chi connectivity index (χ0) is 27.0. The third kappa shape index (κ3) is 4.63. The van der Waals surface area contributed by atoms with E-state index < -0.39 is 11.8 Å². The van der Waals surface area contributed by atoms with Crippen LogP contribution in [-0.4, -0.2) is 71.2 Å². The molecular formula is C27H25ClFN5O4. The van der Waals surface area contributed by atoms with Gasteiger partial charge in [0, 0.05) is 49.2 Å². The number of nitrogens with zero attached hydrogens (tertiary/aromatic N) is 4. The number of hydrogen-bond donors (Lipinski definition) is 2. The molecule has 38 heavy (non-hydrogen) atoms. The number of ether oxygens (including phenoxy) is 1. The second-order valence-electron chi connectivity index (χ2n) is 8.97. The zero-order valence-electron chi connectivity index (χ0n) is 20.5. The molecule has 2 aliphatic heterocycles. The Labute approximate surface area is 223 Å². The molecule has 0 bridgehead atoms. The van der Waals surface area contributed by atoms with Gasteiger partial charge in [-0.3, -0.25) is 9.59 Å². The number of aromatic nitrogens is 2. The highest BCUT2D eigenvalue weighted by Gasteiger charge is 2.29. The average Bonchev–Trinajstić information content (AvgIpc) is 3.06. The highest BCUT2D eigenvalue weighted by molar-refractivity contribution is 6.35. The summed E-state index contributed by atoms with van der Waals surface area (Å²) < 4.78 is 21.0. The molecule has 2 aliphatic rings. The van der Waals surface area contributed by atoms with E-state index in [1.54, 1.807) is 23.1 Å². The van der Waals surface area contributed by atoms with E-state index in [1.807, 2.05) is 4.90 Å². The molecule has 11 heteroatoms. The molecule has 9 nitrogen and oxygen atoms in total. The summed E-state index contributed by atoms with van der Waals surface area (Å²) in [4.78, 5) is 36.3. The van der Waals surface area contributed by atoms with Crippen LogP contribution in [0.5, 0.6) is 5.75 Å². The lowest BCUT2D eigenvalue weighted by atomic mass is 9.92. The number of carbonyl (C=O) groups is 2. The third-order valence-corrected chi connectivity index (χ3v) is 6.89. The number of carboxylic acid groups (broad SMARTS) is 1. The van der Waals surface area contributed by atoms with Crippen molar-refractivity contribution in [2.45, 2.75) is 6.42 Å². The van der Waals surface area contributed by atoms with Crippen molar-refractivity contribution in [3.63, 3.8) is 0 Å². The first-order valence-corrected chi connectivity index (χ1v) is 12.4. The molecule has 0 atom stereocenters.